The second-order valence-electron chi connectivity index (χ2n) is 7.86. The quantitative estimate of drug-likeness (QED) is 0.676. The Morgan fingerprint density at radius 3 is 2.41 bits per heavy atom. The molecular formula is C20H26O2. The van der Waals surface area contributed by atoms with Gasteiger partial charge in [0, 0.05) is 16.5 Å². The molecule has 0 radical (unpaired) electrons. The van der Waals surface area contributed by atoms with Crippen LogP contribution in [0.3, 0.4) is 0 Å². The highest BCUT2D eigenvalue weighted by molar-refractivity contribution is 5.89. The highest BCUT2D eigenvalue weighted by Gasteiger charge is 2.46. The van der Waals surface area contributed by atoms with Crippen LogP contribution in [0, 0.1) is 10.8 Å². The van der Waals surface area contributed by atoms with Crippen molar-refractivity contribution in [2.75, 3.05) is 0 Å². The lowest BCUT2D eigenvalue weighted by atomic mass is 9.55. The predicted molar refractivity (Wildman–Crippen MR) is 92.0 cm³/mol. The number of benzene rings is 1. The minimum absolute atomic E-state index is 0.0377. The Kier molecular flexibility index (Phi) is 3.21. The van der Waals surface area contributed by atoms with E-state index in [1.165, 1.54) is 0 Å². The lowest BCUT2D eigenvalue weighted by Crippen LogP contribution is -2.38. The van der Waals surface area contributed by atoms with Gasteiger partial charge < -0.3 is 10.2 Å². The van der Waals surface area contributed by atoms with Crippen molar-refractivity contribution in [2.24, 2.45) is 10.8 Å². The fourth-order valence-corrected chi connectivity index (χ4v) is 3.90. The second-order valence-corrected chi connectivity index (χ2v) is 7.86. The van der Waals surface area contributed by atoms with E-state index in [1.54, 1.807) is 0 Å². The average Bonchev–Trinajstić information content (AvgIpc) is 2.43. The lowest BCUT2D eigenvalue weighted by Gasteiger charge is -2.49. The molecule has 0 spiro atoms. The highest BCUT2D eigenvalue weighted by Crippen LogP contribution is 2.60. The van der Waals surface area contributed by atoms with Gasteiger partial charge in [0.1, 0.15) is 0 Å². The molecule has 1 aromatic carbocycles. The first kappa shape index (κ1) is 15.2. The van der Waals surface area contributed by atoms with Crippen LogP contribution in [0.4, 0.5) is 0 Å². The van der Waals surface area contributed by atoms with E-state index < -0.39 is 0 Å². The van der Waals surface area contributed by atoms with Crippen LogP contribution >= 0.6 is 0 Å². The zero-order valence-electron chi connectivity index (χ0n) is 14.2. The summed E-state index contributed by atoms with van der Waals surface area (Å²) in [6.45, 7) is 10.9. The van der Waals surface area contributed by atoms with E-state index >= 15 is 0 Å². The van der Waals surface area contributed by atoms with Gasteiger partial charge in [0.25, 0.3) is 0 Å². The molecule has 2 heteroatoms. The third kappa shape index (κ3) is 1.86. The van der Waals surface area contributed by atoms with Gasteiger partial charge in [-0.25, -0.2) is 0 Å². The maximum Gasteiger partial charge on any atom is 0.166 e. The minimum Gasteiger partial charge on any atom is -0.504 e. The van der Waals surface area contributed by atoms with Crippen molar-refractivity contribution in [3.05, 3.63) is 34.9 Å². The first-order chi connectivity index (χ1) is 10.2. The van der Waals surface area contributed by atoms with Crippen LogP contribution in [0.2, 0.25) is 0 Å². The Labute approximate surface area is 133 Å². The van der Waals surface area contributed by atoms with Crippen LogP contribution < -0.4 is 0 Å². The summed E-state index contributed by atoms with van der Waals surface area (Å²) in [5.74, 6) is 0.256. The lowest BCUT2D eigenvalue weighted by molar-refractivity contribution is 0.183. The summed E-state index contributed by atoms with van der Waals surface area (Å²) in [7, 11) is 0. The zero-order chi connectivity index (χ0) is 16.3. The van der Waals surface area contributed by atoms with Gasteiger partial charge in [-0.15, -0.1) is 0 Å². The first-order valence-corrected chi connectivity index (χ1v) is 8.18. The van der Waals surface area contributed by atoms with Crippen molar-refractivity contribution in [3.8, 4) is 11.5 Å². The van der Waals surface area contributed by atoms with Gasteiger partial charge in [-0.3, -0.25) is 0 Å². The summed E-state index contributed by atoms with van der Waals surface area (Å²) in [5.41, 5.74) is 3.82. The average molecular weight is 298 g/mol. The van der Waals surface area contributed by atoms with E-state index in [1.807, 2.05) is 19.9 Å². The molecule has 0 saturated carbocycles. The fraction of sp³-hybridized carbons (Fsp3) is 0.500. The van der Waals surface area contributed by atoms with Crippen molar-refractivity contribution < 1.29 is 10.2 Å². The maximum atomic E-state index is 10.7. The van der Waals surface area contributed by atoms with Gasteiger partial charge >= 0.3 is 0 Å². The Morgan fingerprint density at radius 2 is 1.77 bits per heavy atom. The number of aromatic hydroxyl groups is 2. The summed E-state index contributed by atoms with van der Waals surface area (Å²) in [4.78, 5) is 0. The second kappa shape index (κ2) is 4.65. The summed E-state index contributed by atoms with van der Waals surface area (Å²) in [5, 5.41) is 21.1. The molecule has 0 aromatic heterocycles. The summed E-state index contributed by atoms with van der Waals surface area (Å²) in [6, 6.07) is 2.02. The Balaban J connectivity index is 2.29. The van der Waals surface area contributed by atoms with Crippen molar-refractivity contribution in [1.29, 1.82) is 0 Å². The molecule has 0 heterocycles. The van der Waals surface area contributed by atoms with E-state index in [-0.39, 0.29) is 28.2 Å². The number of rotatable bonds is 1. The van der Waals surface area contributed by atoms with Gasteiger partial charge in [0.2, 0.25) is 0 Å². The van der Waals surface area contributed by atoms with Gasteiger partial charge in [-0.1, -0.05) is 52.8 Å². The zero-order valence-corrected chi connectivity index (χ0v) is 14.2. The van der Waals surface area contributed by atoms with Gasteiger partial charge in [0.05, 0.1) is 0 Å². The van der Waals surface area contributed by atoms with E-state index in [2.05, 4.69) is 39.0 Å². The first-order valence-electron chi connectivity index (χ1n) is 8.18. The topological polar surface area (TPSA) is 40.5 Å². The number of hydrogen-bond acceptors (Lipinski definition) is 2. The largest absolute Gasteiger partial charge is 0.504 e. The van der Waals surface area contributed by atoms with Crippen LogP contribution in [0.15, 0.2) is 18.2 Å². The molecule has 0 aliphatic heterocycles. The Morgan fingerprint density at radius 1 is 1.09 bits per heavy atom. The normalized spacial score (nSPS) is 25.6. The van der Waals surface area contributed by atoms with Crippen molar-refractivity contribution in [1.82, 2.24) is 0 Å². The SMILES string of the molecule is CC(C)c1cc2c(c(O)c1O)C1=CCCC(C)(C)C1(C)C=C2. The van der Waals surface area contributed by atoms with Crippen LogP contribution in [0.25, 0.3) is 11.6 Å². The standard InChI is InChI=1S/C20H26O2/c1-12(2)14-11-13-8-10-20(5)15(7-6-9-19(20,3)4)16(13)18(22)17(14)21/h7-8,10-12,21-22H,6,9H2,1-5H3. The predicted octanol–water partition coefficient (Wildman–Crippen LogP) is 5.46. The summed E-state index contributed by atoms with van der Waals surface area (Å²) < 4.78 is 0. The molecule has 1 atom stereocenters. The van der Waals surface area contributed by atoms with Crippen molar-refractivity contribution in [3.63, 3.8) is 0 Å². The Bertz CT molecular complexity index is 692. The summed E-state index contributed by atoms with van der Waals surface area (Å²) in [6.07, 6.45) is 8.77. The number of allylic oxidation sites excluding steroid dienone is 3. The molecule has 1 aromatic rings. The Hall–Kier alpha value is -1.70. The van der Waals surface area contributed by atoms with Crippen LogP contribution in [0.1, 0.15) is 70.1 Å². The molecule has 2 N–H and O–H groups in total. The van der Waals surface area contributed by atoms with Gasteiger partial charge in [-0.2, -0.15) is 0 Å². The van der Waals surface area contributed by atoms with Gasteiger partial charge in [0.15, 0.2) is 11.5 Å². The maximum absolute atomic E-state index is 10.7. The van der Waals surface area contributed by atoms with Crippen molar-refractivity contribution >= 4 is 11.6 Å². The van der Waals surface area contributed by atoms with E-state index in [0.29, 0.717) is 0 Å². The van der Waals surface area contributed by atoms with Crippen LogP contribution in [-0.2, 0) is 0 Å². The third-order valence-electron chi connectivity index (χ3n) is 5.91. The fourth-order valence-electron chi connectivity index (χ4n) is 3.90. The molecule has 1 unspecified atom stereocenters. The monoisotopic (exact) mass is 298 g/mol. The molecule has 0 amide bonds. The minimum atomic E-state index is -0.110. The third-order valence-corrected chi connectivity index (χ3v) is 5.91. The van der Waals surface area contributed by atoms with Crippen LogP contribution in [0.5, 0.6) is 11.5 Å². The molecule has 22 heavy (non-hydrogen) atoms. The number of fused-ring (bicyclic) bond motifs is 3. The van der Waals surface area contributed by atoms with Crippen molar-refractivity contribution in [2.45, 2.75) is 53.4 Å². The molecule has 2 nitrogen and oxygen atoms in total. The molecule has 3 rings (SSSR count). The number of hydrogen-bond donors (Lipinski definition) is 2. The molecule has 2 aliphatic rings. The van der Waals surface area contributed by atoms with E-state index in [9.17, 15) is 10.2 Å². The molecule has 0 saturated heterocycles. The molecular weight excluding hydrogens is 272 g/mol. The highest BCUT2D eigenvalue weighted by atomic mass is 16.3. The number of phenols is 2. The van der Waals surface area contributed by atoms with Crippen LogP contribution in [-0.4, -0.2) is 10.2 Å². The molecule has 0 bridgehead atoms. The smallest absolute Gasteiger partial charge is 0.166 e. The van der Waals surface area contributed by atoms with Gasteiger partial charge in [-0.05, 0) is 41.4 Å². The molecule has 118 valence electrons. The molecule has 2 aliphatic carbocycles. The van der Waals surface area contributed by atoms with E-state index in [4.69, 9.17) is 0 Å². The number of phenolic OH excluding ortho intramolecular Hbond substituents is 2. The molecule has 0 fully saturated rings. The van der Waals surface area contributed by atoms with E-state index in [0.717, 1.165) is 35.1 Å². The summed E-state index contributed by atoms with van der Waals surface area (Å²) >= 11 is 0.